The highest BCUT2D eigenvalue weighted by Gasteiger charge is 2.34. The van der Waals surface area contributed by atoms with Gasteiger partial charge in [0.15, 0.2) is 0 Å². The molecule has 0 saturated carbocycles. The molecule has 1 aliphatic heterocycles. The highest BCUT2D eigenvalue weighted by Crippen LogP contribution is 2.38. The molecule has 0 spiro atoms. The van der Waals surface area contributed by atoms with Crippen LogP contribution in [0.2, 0.25) is 0 Å². The largest absolute Gasteiger partial charge is 0.489 e. The summed E-state index contributed by atoms with van der Waals surface area (Å²) in [6.45, 7) is 4.45. The molecule has 166 valence electrons. The van der Waals surface area contributed by atoms with Crippen LogP contribution in [0.1, 0.15) is 54.6 Å². The fourth-order valence-electron chi connectivity index (χ4n) is 4.83. The molecule has 7 heteroatoms. The van der Waals surface area contributed by atoms with Crippen LogP contribution < -0.4 is 4.74 Å². The predicted molar refractivity (Wildman–Crippen MR) is 120 cm³/mol. The number of ether oxygens (including phenoxy) is 1. The van der Waals surface area contributed by atoms with Crippen molar-refractivity contribution in [1.82, 2.24) is 19.9 Å². The Balaban J connectivity index is 1.35. The number of amides is 1. The first kappa shape index (κ1) is 20.7. The number of carbonyl (C=O) groups excluding carboxylic acids is 1. The summed E-state index contributed by atoms with van der Waals surface area (Å²) in [6.07, 6.45) is 6.46. The molecule has 3 aromatic rings. The predicted octanol–water partition coefficient (Wildman–Crippen LogP) is 3.49. The van der Waals surface area contributed by atoms with Crippen molar-refractivity contribution in [3.63, 3.8) is 0 Å². The zero-order chi connectivity index (χ0) is 22.3. The molecule has 1 aliphatic carbocycles. The van der Waals surface area contributed by atoms with E-state index in [0.717, 1.165) is 37.0 Å². The molecule has 32 heavy (non-hydrogen) atoms. The third-order valence-corrected chi connectivity index (χ3v) is 6.71. The Morgan fingerprint density at radius 3 is 2.75 bits per heavy atom. The third-order valence-electron chi connectivity index (χ3n) is 6.71. The zero-order valence-electron chi connectivity index (χ0n) is 18.4. The number of hydrogen-bond acceptors (Lipinski definition) is 5. The van der Waals surface area contributed by atoms with Crippen LogP contribution in [-0.4, -0.2) is 49.6 Å². The fraction of sp³-hybridized carbons (Fsp3) is 0.400. The number of aryl methyl sites for hydroxylation is 1. The van der Waals surface area contributed by atoms with Crippen LogP contribution in [0.5, 0.6) is 5.75 Å². The maximum Gasteiger partial charge on any atom is 0.256 e. The van der Waals surface area contributed by atoms with E-state index in [9.17, 15) is 9.90 Å². The number of nitrogens with zero attached hydrogens (tertiary/aromatic N) is 4. The van der Waals surface area contributed by atoms with E-state index in [-0.39, 0.29) is 18.1 Å². The van der Waals surface area contributed by atoms with Crippen molar-refractivity contribution in [2.75, 3.05) is 6.54 Å². The summed E-state index contributed by atoms with van der Waals surface area (Å²) < 4.78 is 6.31. The minimum atomic E-state index is -0.804. The van der Waals surface area contributed by atoms with E-state index in [1.807, 2.05) is 54.3 Å². The Morgan fingerprint density at radius 2 is 1.94 bits per heavy atom. The molecule has 0 bridgehead atoms. The minimum Gasteiger partial charge on any atom is -0.489 e. The molecule has 2 aromatic carbocycles. The Labute approximate surface area is 187 Å². The quantitative estimate of drug-likeness (QED) is 0.683. The van der Waals surface area contributed by atoms with Crippen molar-refractivity contribution in [3.8, 4) is 11.4 Å². The molecular weight excluding hydrogens is 404 g/mol. The molecule has 5 rings (SSSR count). The molecule has 1 saturated heterocycles. The standard InChI is InChI=1S/C25H28N4O3/c1-17-7-9-20(32-19-10-8-18-11-12-25(2,31)22(18)15-19)16-28(17)24(30)21-5-3-4-6-23(21)29-26-13-14-27-29/h3-6,8,10,13-15,17,20,31H,7,9,11-12,16H2,1-2H3/t17-,20-,25+/m1/s1. The van der Waals surface area contributed by atoms with Gasteiger partial charge in [-0.05, 0) is 74.9 Å². The van der Waals surface area contributed by atoms with Crippen LogP contribution >= 0.6 is 0 Å². The maximum atomic E-state index is 13.5. The summed E-state index contributed by atoms with van der Waals surface area (Å²) in [4.78, 5) is 16.9. The minimum absolute atomic E-state index is 0.0458. The van der Waals surface area contributed by atoms with Crippen LogP contribution in [0.4, 0.5) is 0 Å². The topological polar surface area (TPSA) is 80.5 Å². The molecule has 1 N–H and O–H groups in total. The molecule has 0 radical (unpaired) electrons. The van der Waals surface area contributed by atoms with Crippen molar-refractivity contribution in [3.05, 3.63) is 71.5 Å². The number of likely N-dealkylation sites (tertiary alicyclic amines) is 1. The van der Waals surface area contributed by atoms with Gasteiger partial charge in [0.05, 0.1) is 35.8 Å². The summed E-state index contributed by atoms with van der Waals surface area (Å²) in [7, 11) is 0. The van der Waals surface area contributed by atoms with Crippen LogP contribution in [0.3, 0.4) is 0 Å². The third kappa shape index (κ3) is 3.77. The van der Waals surface area contributed by atoms with Crippen molar-refractivity contribution >= 4 is 5.91 Å². The van der Waals surface area contributed by atoms with Gasteiger partial charge in [-0.15, -0.1) is 0 Å². The lowest BCUT2D eigenvalue weighted by atomic mass is 9.98. The lowest BCUT2D eigenvalue weighted by molar-refractivity contribution is 0.0380. The molecule has 1 amide bonds. The summed E-state index contributed by atoms with van der Waals surface area (Å²) >= 11 is 0. The Morgan fingerprint density at radius 1 is 1.16 bits per heavy atom. The Bertz CT molecular complexity index is 1130. The summed E-state index contributed by atoms with van der Waals surface area (Å²) in [5, 5.41) is 19.0. The SMILES string of the molecule is C[C@@H]1CC[C@@H](Oc2ccc3c(c2)[C@@](C)(O)CC3)CN1C(=O)c1ccccc1-n1nccn1. The molecule has 2 heterocycles. The normalized spacial score (nSPS) is 24.9. The number of benzene rings is 2. The summed E-state index contributed by atoms with van der Waals surface area (Å²) in [5.41, 5.74) is 2.57. The van der Waals surface area contributed by atoms with E-state index in [1.54, 1.807) is 12.4 Å². The molecule has 1 fully saturated rings. The number of aliphatic hydroxyl groups is 1. The van der Waals surface area contributed by atoms with Crippen LogP contribution in [-0.2, 0) is 12.0 Å². The fourth-order valence-corrected chi connectivity index (χ4v) is 4.83. The molecule has 3 atom stereocenters. The van der Waals surface area contributed by atoms with Crippen molar-refractivity contribution in [2.24, 2.45) is 0 Å². The van der Waals surface area contributed by atoms with Gasteiger partial charge >= 0.3 is 0 Å². The zero-order valence-corrected chi connectivity index (χ0v) is 18.4. The van der Waals surface area contributed by atoms with Crippen molar-refractivity contribution < 1.29 is 14.6 Å². The molecule has 0 unspecified atom stereocenters. The van der Waals surface area contributed by atoms with Gasteiger partial charge < -0.3 is 14.7 Å². The van der Waals surface area contributed by atoms with Crippen LogP contribution in [0.15, 0.2) is 54.9 Å². The van der Waals surface area contributed by atoms with Crippen molar-refractivity contribution in [2.45, 2.75) is 57.3 Å². The number of hydrogen-bond donors (Lipinski definition) is 1. The van der Waals surface area contributed by atoms with Gasteiger partial charge in [0.1, 0.15) is 11.9 Å². The van der Waals surface area contributed by atoms with Gasteiger partial charge in [-0.25, -0.2) is 0 Å². The van der Waals surface area contributed by atoms with Gasteiger partial charge in [0.25, 0.3) is 5.91 Å². The number of rotatable bonds is 4. The number of para-hydroxylation sites is 1. The maximum absolute atomic E-state index is 13.5. The second-order valence-corrected chi connectivity index (χ2v) is 9.05. The average Bonchev–Trinajstić information content (AvgIpc) is 3.43. The van der Waals surface area contributed by atoms with E-state index in [2.05, 4.69) is 17.1 Å². The Kier molecular flexibility index (Phi) is 5.21. The first-order valence-electron chi connectivity index (χ1n) is 11.2. The van der Waals surface area contributed by atoms with Gasteiger partial charge in [-0.3, -0.25) is 4.79 Å². The van der Waals surface area contributed by atoms with E-state index in [1.165, 1.54) is 10.4 Å². The van der Waals surface area contributed by atoms with E-state index in [0.29, 0.717) is 17.8 Å². The number of aromatic nitrogens is 3. The summed E-state index contributed by atoms with van der Waals surface area (Å²) in [5.74, 6) is 0.703. The molecule has 7 nitrogen and oxygen atoms in total. The second-order valence-electron chi connectivity index (χ2n) is 9.05. The van der Waals surface area contributed by atoms with E-state index < -0.39 is 5.60 Å². The highest BCUT2D eigenvalue weighted by molar-refractivity contribution is 5.98. The van der Waals surface area contributed by atoms with Crippen molar-refractivity contribution in [1.29, 1.82) is 0 Å². The first-order chi connectivity index (χ1) is 15.4. The van der Waals surface area contributed by atoms with Crippen LogP contribution in [0.25, 0.3) is 5.69 Å². The lowest BCUT2D eigenvalue weighted by Gasteiger charge is -2.38. The lowest BCUT2D eigenvalue weighted by Crippen LogP contribution is -2.49. The molecule has 1 aromatic heterocycles. The average molecular weight is 433 g/mol. The number of piperidine rings is 1. The number of carbonyl (C=O) groups is 1. The summed E-state index contributed by atoms with van der Waals surface area (Å²) in [6, 6.07) is 13.5. The molecular formula is C25H28N4O3. The van der Waals surface area contributed by atoms with Gasteiger partial charge in [0, 0.05) is 6.04 Å². The van der Waals surface area contributed by atoms with Crippen LogP contribution in [0, 0.1) is 0 Å². The smallest absolute Gasteiger partial charge is 0.256 e. The van der Waals surface area contributed by atoms with Gasteiger partial charge in [-0.2, -0.15) is 15.0 Å². The first-order valence-corrected chi connectivity index (χ1v) is 11.2. The Hall–Kier alpha value is -3.19. The highest BCUT2D eigenvalue weighted by atomic mass is 16.5. The van der Waals surface area contributed by atoms with Gasteiger partial charge in [-0.1, -0.05) is 18.2 Å². The monoisotopic (exact) mass is 432 g/mol. The second kappa shape index (κ2) is 8.06. The van der Waals surface area contributed by atoms with Gasteiger partial charge in [0.2, 0.25) is 0 Å². The number of fused-ring (bicyclic) bond motifs is 1. The molecule has 2 aliphatic rings. The van der Waals surface area contributed by atoms with E-state index >= 15 is 0 Å². The van der Waals surface area contributed by atoms with E-state index in [4.69, 9.17) is 4.74 Å².